The number of piperazine rings is 1. The molecule has 0 radical (unpaired) electrons. The van der Waals surface area contributed by atoms with E-state index in [1.54, 1.807) is 6.33 Å². The van der Waals surface area contributed by atoms with Crippen LogP contribution in [0.3, 0.4) is 0 Å². The molecule has 2 saturated heterocycles. The van der Waals surface area contributed by atoms with Gasteiger partial charge in [0.05, 0.1) is 12.6 Å². The van der Waals surface area contributed by atoms with Crippen molar-refractivity contribution in [1.82, 2.24) is 14.9 Å². The molecule has 8 heteroatoms. The molecule has 1 atom stereocenters. The highest BCUT2D eigenvalue weighted by Crippen LogP contribution is 2.36. The molecule has 3 aromatic carbocycles. The van der Waals surface area contributed by atoms with Gasteiger partial charge in [0.25, 0.3) is 0 Å². The molecule has 0 unspecified atom stereocenters. The first-order valence-electron chi connectivity index (χ1n) is 13.1. The van der Waals surface area contributed by atoms with Crippen LogP contribution in [-0.4, -0.2) is 54.7 Å². The van der Waals surface area contributed by atoms with Gasteiger partial charge in [0.15, 0.2) is 5.82 Å². The Hall–Kier alpha value is -4.14. The van der Waals surface area contributed by atoms with Crippen molar-refractivity contribution < 1.29 is 9.57 Å². The molecule has 0 aliphatic carbocycles. The predicted molar refractivity (Wildman–Crippen MR) is 150 cm³/mol. The number of para-hydroxylation sites is 1. The van der Waals surface area contributed by atoms with Gasteiger partial charge in [-0.2, -0.15) is 0 Å². The first-order valence-corrected chi connectivity index (χ1v) is 13.1. The summed E-state index contributed by atoms with van der Waals surface area (Å²) in [5.41, 5.74) is 3.35. The Labute approximate surface area is 223 Å². The number of nitrogens with one attached hydrogen (secondary N) is 1. The fraction of sp³-hybridized carbons (Fsp3) is 0.267. The van der Waals surface area contributed by atoms with Gasteiger partial charge in [-0.3, -0.25) is 4.84 Å². The van der Waals surface area contributed by atoms with Crippen LogP contribution in [0.2, 0.25) is 0 Å². The number of benzene rings is 3. The number of nitrogens with zero attached hydrogens (tertiary/aromatic N) is 5. The van der Waals surface area contributed by atoms with Gasteiger partial charge in [0.2, 0.25) is 0 Å². The van der Waals surface area contributed by atoms with Crippen molar-refractivity contribution in [1.29, 1.82) is 0 Å². The van der Waals surface area contributed by atoms with Crippen LogP contribution in [0.5, 0.6) is 11.5 Å². The quantitative estimate of drug-likeness (QED) is 0.344. The standard InChI is InChI=1S/C30H32N6O2/c1-34-15-17-35(18-16-34)25-12-10-24(11-13-25)33-29-21-30(32-22-31-29)36-28(14-19-37-36)23-6-5-9-27(20-23)38-26-7-3-2-4-8-26/h2-13,20-22,28H,14-19H2,1H3,(H,31,32,33)/t28-/m1/s1. The summed E-state index contributed by atoms with van der Waals surface area (Å²) < 4.78 is 6.06. The van der Waals surface area contributed by atoms with E-state index in [9.17, 15) is 0 Å². The van der Waals surface area contributed by atoms with Crippen LogP contribution in [-0.2, 0) is 4.84 Å². The van der Waals surface area contributed by atoms with Crippen LogP contribution in [0, 0.1) is 0 Å². The zero-order valence-electron chi connectivity index (χ0n) is 21.5. The van der Waals surface area contributed by atoms with Gasteiger partial charge in [-0.15, -0.1) is 0 Å². The summed E-state index contributed by atoms with van der Waals surface area (Å²) in [6, 6.07) is 28.5. The Balaban J connectivity index is 1.15. The van der Waals surface area contributed by atoms with E-state index in [-0.39, 0.29) is 6.04 Å². The zero-order valence-corrected chi connectivity index (χ0v) is 21.5. The number of anilines is 4. The molecule has 0 bridgehead atoms. The molecule has 0 amide bonds. The lowest BCUT2D eigenvalue weighted by Gasteiger charge is -2.34. The molecule has 2 aliphatic rings. The minimum Gasteiger partial charge on any atom is -0.457 e. The maximum atomic E-state index is 6.06. The van der Waals surface area contributed by atoms with Crippen LogP contribution < -0.4 is 20.0 Å². The molecule has 38 heavy (non-hydrogen) atoms. The van der Waals surface area contributed by atoms with Gasteiger partial charge in [-0.1, -0.05) is 30.3 Å². The highest BCUT2D eigenvalue weighted by molar-refractivity contribution is 5.62. The largest absolute Gasteiger partial charge is 0.457 e. The summed E-state index contributed by atoms with van der Waals surface area (Å²) in [6.45, 7) is 4.91. The lowest BCUT2D eigenvalue weighted by Crippen LogP contribution is -2.44. The second-order valence-electron chi connectivity index (χ2n) is 9.67. The lowest BCUT2D eigenvalue weighted by molar-refractivity contribution is 0.157. The Morgan fingerprint density at radius 1 is 0.842 bits per heavy atom. The first kappa shape index (κ1) is 24.2. The summed E-state index contributed by atoms with van der Waals surface area (Å²) in [5, 5.41) is 5.30. The van der Waals surface area contributed by atoms with Gasteiger partial charge in [-0.25, -0.2) is 15.0 Å². The number of likely N-dealkylation sites (N-methyl/N-ethyl adjacent to an activating group) is 1. The predicted octanol–water partition coefficient (Wildman–Crippen LogP) is 5.65. The second-order valence-corrected chi connectivity index (χ2v) is 9.67. The van der Waals surface area contributed by atoms with Crippen molar-refractivity contribution in [3.05, 3.63) is 96.8 Å². The van der Waals surface area contributed by atoms with Crippen molar-refractivity contribution >= 4 is 23.0 Å². The molecule has 1 aromatic heterocycles. The molecule has 0 saturated carbocycles. The normalized spacial score (nSPS) is 18.0. The molecular weight excluding hydrogens is 476 g/mol. The van der Waals surface area contributed by atoms with Crippen LogP contribution in [0.15, 0.2) is 91.3 Å². The molecule has 194 valence electrons. The molecule has 2 fully saturated rings. The maximum absolute atomic E-state index is 6.06. The minimum atomic E-state index is 0.0277. The smallest absolute Gasteiger partial charge is 0.158 e. The van der Waals surface area contributed by atoms with E-state index in [1.807, 2.05) is 53.6 Å². The van der Waals surface area contributed by atoms with Crippen LogP contribution in [0.25, 0.3) is 0 Å². The second kappa shape index (κ2) is 11.1. The molecule has 0 spiro atoms. The molecule has 2 aliphatic heterocycles. The van der Waals surface area contributed by atoms with Gasteiger partial charge in [-0.05, 0) is 61.1 Å². The van der Waals surface area contributed by atoms with E-state index in [1.165, 1.54) is 5.69 Å². The lowest BCUT2D eigenvalue weighted by atomic mass is 10.0. The van der Waals surface area contributed by atoms with E-state index in [4.69, 9.17) is 9.57 Å². The average Bonchev–Trinajstić information content (AvgIpc) is 3.45. The molecule has 4 aromatic rings. The van der Waals surface area contributed by atoms with Crippen LogP contribution in [0.4, 0.5) is 23.0 Å². The Bertz CT molecular complexity index is 1340. The molecule has 3 heterocycles. The molecule has 6 rings (SSSR count). The van der Waals surface area contributed by atoms with Crippen LogP contribution >= 0.6 is 0 Å². The summed E-state index contributed by atoms with van der Waals surface area (Å²) in [7, 11) is 2.17. The topological polar surface area (TPSA) is 66.0 Å². The van der Waals surface area contributed by atoms with Crippen molar-refractivity contribution in [2.75, 3.05) is 55.1 Å². The molecule has 8 nitrogen and oxygen atoms in total. The molecular formula is C30H32N6O2. The summed E-state index contributed by atoms with van der Waals surface area (Å²) in [4.78, 5) is 19.8. The third kappa shape index (κ3) is 5.56. The zero-order chi connectivity index (χ0) is 25.7. The SMILES string of the molecule is CN1CCN(c2ccc(Nc3cc(N4OCC[C@@H]4c4cccc(Oc5ccccc5)c4)ncn3)cc2)CC1. The first-order chi connectivity index (χ1) is 18.7. The Morgan fingerprint density at radius 3 is 2.45 bits per heavy atom. The Kier molecular flexibility index (Phi) is 7.06. The van der Waals surface area contributed by atoms with E-state index < -0.39 is 0 Å². The van der Waals surface area contributed by atoms with Crippen molar-refractivity contribution in [2.24, 2.45) is 0 Å². The maximum Gasteiger partial charge on any atom is 0.158 e. The highest BCUT2D eigenvalue weighted by Gasteiger charge is 2.29. The number of ether oxygens (including phenoxy) is 1. The third-order valence-electron chi connectivity index (χ3n) is 7.01. The van der Waals surface area contributed by atoms with Crippen LogP contribution in [0.1, 0.15) is 18.0 Å². The molecule has 1 N–H and O–H groups in total. The highest BCUT2D eigenvalue weighted by atomic mass is 16.7. The van der Waals surface area contributed by atoms with E-state index in [2.05, 4.69) is 68.5 Å². The van der Waals surface area contributed by atoms with E-state index >= 15 is 0 Å². The summed E-state index contributed by atoms with van der Waals surface area (Å²) in [6.07, 6.45) is 2.43. The van der Waals surface area contributed by atoms with Crippen molar-refractivity contribution in [3.63, 3.8) is 0 Å². The summed E-state index contributed by atoms with van der Waals surface area (Å²) >= 11 is 0. The van der Waals surface area contributed by atoms with Gasteiger partial charge in [0.1, 0.15) is 23.6 Å². The minimum absolute atomic E-state index is 0.0277. The average molecular weight is 509 g/mol. The fourth-order valence-electron chi connectivity index (χ4n) is 4.91. The fourth-order valence-corrected chi connectivity index (χ4v) is 4.91. The number of hydroxylamine groups is 1. The van der Waals surface area contributed by atoms with Gasteiger partial charge in [0, 0.05) is 50.0 Å². The number of hydrogen-bond acceptors (Lipinski definition) is 8. The third-order valence-corrected chi connectivity index (χ3v) is 7.01. The summed E-state index contributed by atoms with van der Waals surface area (Å²) in [5.74, 6) is 3.05. The monoisotopic (exact) mass is 508 g/mol. The Morgan fingerprint density at radius 2 is 1.63 bits per heavy atom. The van der Waals surface area contributed by atoms with Crippen molar-refractivity contribution in [2.45, 2.75) is 12.5 Å². The van der Waals surface area contributed by atoms with E-state index in [0.717, 1.165) is 61.2 Å². The van der Waals surface area contributed by atoms with E-state index in [0.29, 0.717) is 12.4 Å². The number of aromatic nitrogens is 2. The van der Waals surface area contributed by atoms with Gasteiger partial charge < -0.3 is 19.9 Å². The van der Waals surface area contributed by atoms with Crippen molar-refractivity contribution in [3.8, 4) is 11.5 Å². The number of rotatable bonds is 7. The van der Waals surface area contributed by atoms with Gasteiger partial charge >= 0.3 is 0 Å². The number of hydrogen-bond donors (Lipinski definition) is 1.